The minimum Gasteiger partial charge on any atom is -0.382 e. The van der Waals surface area contributed by atoms with Gasteiger partial charge in [-0.1, -0.05) is 0 Å². The van der Waals surface area contributed by atoms with Crippen LogP contribution < -0.4 is 9.62 Å². The van der Waals surface area contributed by atoms with Crippen LogP contribution in [0.5, 0.6) is 0 Å². The van der Waals surface area contributed by atoms with E-state index in [9.17, 15) is 12.8 Å². The first-order valence-electron chi connectivity index (χ1n) is 7.33. The Bertz CT molecular complexity index is 663. The van der Waals surface area contributed by atoms with Crippen LogP contribution in [0.1, 0.15) is 13.8 Å². The highest BCUT2D eigenvalue weighted by Crippen LogP contribution is 2.29. The van der Waals surface area contributed by atoms with E-state index in [0.717, 1.165) is 6.07 Å². The fourth-order valence-corrected chi connectivity index (χ4v) is 3.52. The first-order chi connectivity index (χ1) is 10.7. The number of benzene rings is 1. The highest BCUT2D eigenvalue weighted by atomic mass is 32.2. The normalized spacial score (nSPS) is 21.4. The van der Waals surface area contributed by atoms with E-state index in [-0.39, 0.29) is 11.0 Å². The second-order valence-corrected chi connectivity index (χ2v) is 8.04. The molecule has 0 aliphatic carbocycles. The van der Waals surface area contributed by atoms with E-state index in [0.29, 0.717) is 25.4 Å². The molecule has 2 rings (SSSR count). The Hall–Kier alpha value is -1.22. The smallest absolute Gasteiger partial charge is 0.240 e. The largest absolute Gasteiger partial charge is 0.382 e. The number of nitrogens with one attached hydrogen (secondary N) is 1. The molecule has 1 aromatic rings. The van der Waals surface area contributed by atoms with Gasteiger partial charge in [0, 0.05) is 20.2 Å². The molecule has 0 aromatic heterocycles. The highest BCUT2D eigenvalue weighted by molar-refractivity contribution is 7.89. The number of ether oxygens (including phenoxy) is 2. The van der Waals surface area contributed by atoms with E-state index in [1.165, 1.54) is 19.2 Å². The third-order valence-corrected chi connectivity index (χ3v) is 5.08. The third kappa shape index (κ3) is 4.20. The van der Waals surface area contributed by atoms with Crippen LogP contribution in [0.2, 0.25) is 0 Å². The molecule has 1 aliphatic heterocycles. The zero-order valence-corrected chi connectivity index (χ0v) is 14.6. The van der Waals surface area contributed by atoms with Crippen molar-refractivity contribution in [2.24, 2.45) is 0 Å². The molecule has 130 valence electrons. The average Bonchev–Trinajstić information content (AvgIpc) is 2.45. The molecule has 1 aromatic carbocycles. The molecule has 6 nitrogen and oxygen atoms in total. The molecule has 1 atom stereocenters. The van der Waals surface area contributed by atoms with Gasteiger partial charge in [0.1, 0.15) is 5.82 Å². The summed E-state index contributed by atoms with van der Waals surface area (Å²) in [5, 5.41) is 0. The van der Waals surface area contributed by atoms with E-state index < -0.39 is 21.4 Å². The second kappa shape index (κ2) is 6.72. The standard InChI is InChI=1S/C15H23FN2O4S/c1-15(2)10-18(8-11(22-15)9-21-4)14-6-5-12(7-13(14)16)23(19,20)17-3/h5-7,11,17H,8-10H2,1-4H3/t11-/m1/s1. The van der Waals surface area contributed by atoms with Crippen LogP contribution in [-0.2, 0) is 19.5 Å². The first-order valence-corrected chi connectivity index (χ1v) is 8.81. The maximum Gasteiger partial charge on any atom is 0.240 e. The molecule has 0 radical (unpaired) electrons. The molecule has 0 spiro atoms. The van der Waals surface area contributed by atoms with E-state index in [4.69, 9.17) is 9.47 Å². The predicted octanol–water partition coefficient (Wildman–Crippen LogP) is 1.36. The van der Waals surface area contributed by atoms with Crippen LogP contribution in [0.25, 0.3) is 0 Å². The minimum absolute atomic E-state index is 0.0952. The lowest BCUT2D eigenvalue weighted by atomic mass is 10.0. The maximum absolute atomic E-state index is 14.5. The van der Waals surface area contributed by atoms with Gasteiger partial charge in [0.25, 0.3) is 0 Å². The fraction of sp³-hybridized carbons (Fsp3) is 0.600. The lowest BCUT2D eigenvalue weighted by Crippen LogP contribution is -2.54. The van der Waals surface area contributed by atoms with E-state index in [1.807, 2.05) is 18.7 Å². The van der Waals surface area contributed by atoms with Crippen molar-refractivity contribution in [2.75, 3.05) is 38.8 Å². The summed E-state index contributed by atoms with van der Waals surface area (Å²) >= 11 is 0. The number of morpholine rings is 1. The Morgan fingerprint density at radius 2 is 2.17 bits per heavy atom. The van der Waals surface area contributed by atoms with Crippen molar-refractivity contribution in [1.29, 1.82) is 0 Å². The van der Waals surface area contributed by atoms with Crippen molar-refractivity contribution in [3.8, 4) is 0 Å². The Morgan fingerprint density at radius 1 is 1.48 bits per heavy atom. The van der Waals surface area contributed by atoms with Gasteiger partial charge in [-0.3, -0.25) is 0 Å². The summed E-state index contributed by atoms with van der Waals surface area (Å²) in [5.41, 5.74) is -0.0959. The van der Waals surface area contributed by atoms with Crippen LogP contribution in [0.4, 0.5) is 10.1 Å². The summed E-state index contributed by atoms with van der Waals surface area (Å²) in [6, 6.07) is 3.93. The van der Waals surface area contributed by atoms with Crippen molar-refractivity contribution in [1.82, 2.24) is 4.72 Å². The topological polar surface area (TPSA) is 67.9 Å². The fourth-order valence-electron chi connectivity index (χ4n) is 2.78. The number of hydrogen-bond acceptors (Lipinski definition) is 5. The minimum atomic E-state index is -3.66. The number of halogens is 1. The van der Waals surface area contributed by atoms with Crippen LogP contribution in [0.15, 0.2) is 23.1 Å². The molecular weight excluding hydrogens is 323 g/mol. The molecular formula is C15H23FN2O4S. The summed E-state index contributed by atoms with van der Waals surface area (Å²) < 4.78 is 51.2. The van der Waals surface area contributed by atoms with Gasteiger partial charge in [-0.15, -0.1) is 0 Å². The predicted molar refractivity (Wildman–Crippen MR) is 85.7 cm³/mol. The summed E-state index contributed by atoms with van der Waals surface area (Å²) in [6.45, 7) is 5.25. The molecule has 1 saturated heterocycles. The molecule has 0 bridgehead atoms. The van der Waals surface area contributed by atoms with Gasteiger partial charge in [0.05, 0.1) is 28.9 Å². The van der Waals surface area contributed by atoms with Gasteiger partial charge in [0.15, 0.2) is 0 Å². The Balaban J connectivity index is 2.30. The van der Waals surface area contributed by atoms with Crippen molar-refractivity contribution in [2.45, 2.75) is 30.4 Å². The average molecular weight is 346 g/mol. The van der Waals surface area contributed by atoms with E-state index in [1.54, 1.807) is 7.11 Å². The van der Waals surface area contributed by atoms with Crippen LogP contribution in [0.3, 0.4) is 0 Å². The number of hydrogen-bond donors (Lipinski definition) is 1. The molecule has 0 saturated carbocycles. The molecule has 23 heavy (non-hydrogen) atoms. The van der Waals surface area contributed by atoms with Crippen LogP contribution in [-0.4, -0.2) is 54.0 Å². The molecule has 0 unspecified atom stereocenters. The van der Waals surface area contributed by atoms with Gasteiger partial charge in [-0.05, 0) is 39.1 Å². The lowest BCUT2D eigenvalue weighted by Gasteiger charge is -2.43. The van der Waals surface area contributed by atoms with Crippen LogP contribution >= 0.6 is 0 Å². The maximum atomic E-state index is 14.5. The van der Waals surface area contributed by atoms with E-state index >= 15 is 0 Å². The number of sulfonamides is 1. The Morgan fingerprint density at radius 3 is 2.74 bits per heavy atom. The third-order valence-electron chi connectivity index (χ3n) is 3.67. The summed E-state index contributed by atoms with van der Waals surface area (Å²) in [5.74, 6) is -0.574. The quantitative estimate of drug-likeness (QED) is 0.872. The van der Waals surface area contributed by atoms with Crippen molar-refractivity contribution in [3.05, 3.63) is 24.0 Å². The number of nitrogens with zero attached hydrogens (tertiary/aromatic N) is 1. The summed E-state index contributed by atoms with van der Waals surface area (Å²) in [7, 11) is -0.780. The van der Waals surface area contributed by atoms with Gasteiger partial charge >= 0.3 is 0 Å². The molecule has 8 heteroatoms. The molecule has 1 aliphatic rings. The van der Waals surface area contributed by atoms with Crippen LogP contribution in [0, 0.1) is 5.82 Å². The molecule has 0 amide bonds. The summed E-state index contributed by atoms with van der Waals surface area (Å²) in [4.78, 5) is 1.76. The number of rotatable bonds is 5. The van der Waals surface area contributed by atoms with Crippen molar-refractivity contribution >= 4 is 15.7 Å². The van der Waals surface area contributed by atoms with Gasteiger partial charge in [-0.25, -0.2) is 17.5 Å². The monoisotopic (exact) mass is 346 g/mol. The van der Waals surface area contributed by atoms with Crippen molar-refractivity contribution < 1.29 is 22.3 Å². The number of anilines is 1. The second-order valence-electron chi connectivity index (χ2n) is 6.16. The molecule has 1 N–H and O–H groups in total. The number of methoxy groups -OCH3 is 1. The van der Waals surface area contributed by atoms with Crippen molar-refractivity contribution in [3.63, 3.8) is 0 Å². The molecule has 1 heterocycles. The zero-order chi connectivity index (χ0) is 17.3. The molecule has 1 fully saturated rings. The lowest BCUT2D eigenvalue weighted by molar-refractivity contribution is -0.106. The van der Waals surface area contributed by atoms with Gasteiger partial charge in [-0.2, -0.15) is 0 Å². The zero-order valence-electron chi connectivity index (χ0n) is 13.8. The van der Waals surface area contributed by atoms with Gasteiger partial charge in [0.2, 0.25) is 10.0 Å². The highest BCUT2D eigenvalue weighted by Gasteiger charge is 2.34. The SMILES string of the molecule is CNS(=O)(=O)c1ccc(N2C[C@H](COC)OC(C)(C)C2)c(F)c1. The summed E-state index contributed by atoms with van der Waals surface area (Å²) in [6.07, 6.45) is -0.177. The Labute approximate surface area is 136 Å². The Kier molecular flexibility index (Phi) is 5.30. The van der Waals surface area contributed by atoms with E-state index in [2.05, 4.69) is 4.72 Å². The van der Waals surface area contributed by atoms with Gasteiger partial charge < -0.3 is 14.4 Å². The first kappa shape index (κ1) is 18.1.